The molecule has 1 aromatic heterocycles. The summed E-state index contributed by atoms with van der Waals surface area (Å²) < 4.78 is 42.6. The lowest BCUT2D eigenvalue weighted by molar-refractivity contribution is -0.132. The third-order valence-corrected chi connectivity index (χ3v) is 9.07. The molecule has 1 amide bonds. The predicted molar refractivity (Wildman–Crippen MR) is 147 cm³/mol. The lowest BCUT2D eigenvalue weighted by Crippen LogP contribution is -2.43. The van der Waals surface area contributed by atoms with Crippen molar-refractivity contribution in [3.63, 3.8) is 0 Å². The van der Waals surface area contributed by atoms with Crippen LogP contribution in [0, 0.1) is 18.7 Å². The lowest BCUT2D eigenvalue weighted by atomic mass is 10.1. The monoisotopic (exact) mass is 538 g/mol. The second kappa shape index (κ2) is 11.5. The summed E-state index contributed by atoms with van der Waals surface area (Å²) in [6.07, 6.45) is 0. The Balaban J connectivity index is 1.67. The Morgan fingerprint density at radius 2 is 1.65 bits per heavy atom. The predicted octanol–water partition coefficient (Wildman–Crippen LogP) is 6.22. The van der Waals surface area contributed by atoms with Gasteiger partial charge in [-0.15, -0.1) is 11.3 Å². The smallest absolute Gasteiger partial charge is 0.244 e. The Labute approximate surface area is 222 Å². The number of thiophene rings is 1. The number of hydrogen-bond acceptors (Lipinski definition) is 4. The minimum Gasteiger partial charge on any atom is -0.332 e. The van der Waals surface area contributed by atoms with Gasteiger partial charge < -0.3 is 4.90 Å². The quantitative estimate of drug-likeness (QED) is 0.241. The number of halogens is 1. The summed E-state index contributed by atoms with van der Waals surface area (Å²) in [6.45, 7) is 6.38. The van der Waals surface area contributed by atoms with Gasteiger partial charge in [0.2, 0.25) is 15.9 Å². The highest BCUT2D eigenvalue weighted by atomic mass is 32.2. The molecule has 37 heavy (non-hydrogen) atoms. The van der Waals surface area contributed by atoms with E-state index in [9.17, 15) is 17.6 Å². The molecule has 8 heteroatoms. The van der Waals surface area contributed by atoms with Crippen molar-refractivity contribution in [1.29, 1.82) is 0 Å². The SMILES string of the molecule is Cc1ccsc1CN(Cc1ccc(F)cc1)C(=O)CN(CC(C)C)S(=O)(=O)c1cccc2ccccc12. The van der Waals surface area contributed by atoms with Crippen LogP contribution in [0.1, 0.15) is 29.9 Å². The summed E-state index contributed by atoms with van der Waals surface area (Å²) in [4.78, 5) is 16.6. The van der Waals surface area contributed by atoms with Gasteiger partial charge in [-0.2, -0.15) is 4.31 Å². The molecule has 0 aliphatic heterocycles. The molecule has 0 spiro atoms. The van der Waals surface area contributed by atoms with E-state index in [1.54, 1.807) is 46.6 Å². The van der Waals surface area contributed by atoms with Crippen LogP contribution >= 0.6 is 11.3 Å². The van der Waals surface area contributed by atoms with Gasteiger partial charge in [0.15, 0.2) is 0 Å². The number of hydrogen-bond donors (Lipinski definition) is 0. The number of nitrogens with zero attached hydrogens (tertiary/aromatic N) is 2. The van der Waals surface area contributed by atoms with Gasteiger partial charge in [0.05, 0.1) is 18.0 Å². The first kappa shape index (κ1) is 27.0. The van der Waals surface area contributed by atoms with Gasteiger partial charge >= 0.3 is 0 Å². The maximum atomic E-state index is 13.9. The van der Waals surface area contributed by atoms with Gasteiger partial charge in [-0.05, 0) is 59.0 Å². The second-order valence-electron chi connectivity index (χ2n) is 9.57. The van der Waals surface area contributed by atoms with Crippen LogP contribution in [0.2, 0.25) is 0 Å². The van der Waals surface area contributed by atoms with Gasteiger partial charge in [0.25, 0.3) is 0 Å². The number of aryl methyl sites for hydroxylation is 1. The van der Waals surface area contributed by atoms with Gasteiger partial charge in [0.1, 0.15) is 5.82 Å². The highest BCUT2D eigenvalue weighted by molar-refractivity contribution is 7.89. The summed E-state index contributed by atoms with van der Waals surface area (Å²) in [5, 5.41) is 3.43. The zero-order valence-electron chi connectivity index (χ0n) is 21.2. The van der Waals surface area contributed by atoms with E-state index in [0.29, 0.717) is 11.9 Å². The Kier molecular flexibility index (Phi) is 8.42. The molecule has 0 saturated heterocycles. The Bertz CT molecular complexity index is 1480. The van der Waals surface area contributed by atoms with Gasteiger partial charge in [-0.1, -0.05) is 62.4 Å². The van der Waals surface area contributed by atoms with E-state index >= 15 is 0 Å². The fourth-order valence-electron chi connectivity index (χ4n) is 4.25. The van der Waals surface area contributed by atoms with Gasteiger partial charge in [-0.3, -0.25) is 4.79 Å². The van der Waals surface area contributed by atoms with E-state index in [1.165, 1.54) is 16.4 Å². The number of fused-ring (bicyclic) bond motifs is 1. The van der Waals surface area contributed by atoms with Crippen molar-refractivity contribution >= 4 is 38.0 Å². The topological polar surface area (TPSA) is 57.7 Å². The summed E-state index contributed by atoms with van der Waals surface area (Å²) in [7, 11) is -3.96. The third-order valence-electron chi connectivity index (χ3n) is 6.19. The van der Waals surface area contributed by atoms with Crippen molar-refractivity contribution in [2.24, 2.45) is 5.92 Å². The molecule has 0 aliphatic rings. The molecular weight excluding hydrogens is 507 g/mol. The van der Waals surface area contributed by atoms with E-state index in [-0.39, 0.29) is 42.2 Å². The zero-order chi connectivity index (χ0) is 26.6. The minimum atomic E-state index is -3.96. The standard InChI is InChI=1S/C29H31FN2O3S2/c1-21(2)17-32(37(34,35)28-10-6-8-24-7-4-5-9-26(24)28)20-29(33)31(19-27-22(3)15-16-36-27)18-23-11-13-25(30)14-12-23/h4-16,21H,17-20H2,1-3H3. The molecule has 3 aromatic carbocycles. The first-order valence-corrected chi connectivity index (χ1v) is 14.5. The molecule has 0 fully saturated rings. The molecule has 0 radical (unpaired) electrons. The Morgan fingerprint density at radius 3 is 2.32 bits per heavy atom. The summed E-state index contributed by atoms with van der Waals surface area (Å²) in [5.74, 6) is -0.635. The molecule has 194 valence electrons. The zero-order valence-corrected chi connectivity index (χ0v) is 22.9. The number of sulfonamides is 1. The Morgan fingerprint density at radius 1 is 0.946 bits per heavy atom. The number of rotatable bonds is 10. The van der Waals surface area contributed by atoms with Crippen LogP contribution < -0.4 is 0 Å². The molecule has 4 aromatic rings. The summed E-state index contributed by atoms with van der Waals surface area (Å²) in [6, 6.07) is 20.6. The number of carbonyl (C=O) groups excluding carboxylic acids is 1. The number of amides is 1. The fraction of sp³-hybridized carbons (Fsp3) is 0.276. The molecule has 0 saturated carbocycles. The van der Waals surface area contributed by atoms with E-state index in [0.717, 1.165) is 21.4 Å². The average molecular weight is 539 g/mol. The number of benzene rings is 3. The first-order valence-electron chi connectivity index (χ1n) is 12.2. The van der Waals surface area contributed by atoms with Crippen molar-refractivity contribution < 1.29 is 17.6 Å². The van der Waals surface area contributed by atoms with Crippen LogP contribution in [0.4, 0.5) is 4.39 Å². The first-order chi connectivity index (χ1) is 17.6. The fourth-order valence-corrected chi connectivity index (χ4v) is 6.94. The Hall–Kier alpha value is -3.07. The van der Waals surface area contributed by atoms with Crippen molar-refractivity contribution in [3.8, 4) is 0 Å². The van der Waals surface area contributed by atoms with Crippen LogP contribution in [0.15, 0.2) is 83.1 Å². The molecule has 0 aliphatic carbocycles. The summed E-state index contributed by atoms with van der Waals surface area (Å²) in [5.41, 5.74) is 1.85. The van der Waals surface area contributed by atoms with Crippen LogP contribution in [0.3, 0.4) is 0 Å². The molecule has 5 nitrogen and oxygen atoms in total. The van der Waals surface area contributed by atoms with E-state index in [1.807, 2.05) is 56.5 Å². The molecular formula is C29H31FN2O3S2. The highest BCUT2D eigenvalue weighted by Crippen LogP contribution is 2.27. The normalized spacial score (nSPS) is 11.9. The van der Waals surface area contributed by atoms with E-state index in [2.05, 4.69) is 0 Å². The maximum Gasteiger partial charge on any atom is 0.244 e. The maximum absolute atomic E-state index is 13.9. The van der Waals surface area contributed by atoms with Crippen molar-refractivity contribution in [1.82, 2.24) is 9.21 Å². The van der Waals surface area contributed by atoms with Crippen LogP contribution in [0.5, 0.6) is 0 Å². The van der Waals surface area contributed by atoms with Gasteiger partial charge in [-0.25, -0.2) is 12.8 Å². The summed E-state index contributed by atoms with van der Waals surface area (Å²) >= 11 is 1.56. The van der Waals surface area contributed by atoms with Gasteiger partial charge in [0, 0.05) is 23.4 Å². The lowest BCUT2D eigenvalue weighted by Gasteiger charge is -2.28. The van der Waals surface area contributed by atoms with E-state index < -0.39 is 10.0 Å². The second-order valence-corrected chi connectivity index (χ2v) is 12.5. The van der Waals surface area contributed by atoms with Crippen molar-refractivity contribution in [2.75, 3.05) is 13.1 Å². The largest absolute Gasteiger partial charge is 0.332 e. The highest BCUT2D eigenvalue weighted by Gasteiger charge is 2.30. The molecule has 4 rings (SSSR count). The average Bonchev–Trinajstić information content (AvgIpc) is 3.28. The molecule has 0 unspecified atom stereocenters. The van der Waals surface area contributed by atoms with E-state index in [4.69, 9.17) is 0 Å². The van der Waals surface area contributed by atoms with Crippen LogP contribution in [-0.2, 0) is 27.9 Å². The molecule has 0 atom stereocenters. The minimum absolute atomic E-state index is 0.0163. The number of carbonyl (C=O) groups is 1. The molecule has 1 heterocycles. The van der Waals surface area contributed by atoms with Crippen LogP contribution in [-0.4, -0.2) is 36.6 Å². The molecule has 0 N–H and O–H groups in total. The van der Waals surface area contributed by atoms with Crippen molar-refractivity contribution in [3.05, 3.63) is 100.0 Å². The van der Waals surface area contributed by atoms with Crippen molar-refractivity contribution in [2.45, 2.75) is 38.8 Å². The third kappa shape index (κ3) is 6.44. The van der Waals surface area contributed by atoms with Crippen LogP contribution in [0.25, 0.3) is 10.8 Å². The molecule has 0 bridgehead atoms.